The number of amides is 1. The van der Waals surface area contributed by atoms with E-state index in [1.54, 1.807) is 13.2 Å². The Morgan fingerprint density at radius 2 is 2.12 bits per heavy atom. The van der Waals surface area contributed by atoms with Crippen LogP contribution in [0.25, 0.3) is 0 Å². The van der Waals surface area contributed by atoms with Crippen LogP contribution in [0.2, 0.25) is 0 Å². The Kier molecular flexibility index (Phi) is 4.31. The third-order valence-electron chi connectivity index (χ3n) is 1.98. The van der Waals surface area contributed by atoms with Crippen molar-refractivity contribution in [2.45, 2.75) is 26.3 Å². The number of rotatable bonds is 4. The number of pyridine rings is 1. The summed E-state index contributed by atoms with van der Waals surface area (Å²) in [4.78, 5) is 15.7. The van der Waals surface area contributed by atoms with Gasteiger partial charge in [-0.3, -0.25) is 4.79 Å². The minimum Gasteiger partial charge on any atom is -0.376 e. The average molecular weight is 236 g/mol. The van der Waals surface area contributed by atoms with Crippen molar-refractivity contribution in [3.8, 4) is 0 Å². The molecule has 17 heavy (non-hydrogen) atoms. The van der Waals surface area contributed by atoms with Crippen LogP contribution in [0.1, 0.15) is 20.8 Å². The van der Waals surface area contributed by atoms with Crippen LogP contribution in [0.5, 0.6) is 0 Å². The summed E-state index contributed by atoms with van der Waals surface area (Å²) in [7, 11) is 1.80. The summed E-state index contributed by atoms with van der Waals surface area (Å²) in [6, 6.07) is 3.68. The summed E-state index contributed by atoms with van der Waals surface area (Å²) in [5.41, 5.74) is 0.668. The second kappa shape index (κ2) is 5.52. The van der Waals surface area contributed by atoms with Crippen molar-refractivity contribution in [2.24, 2.45) is 0 Å². The van der Waals surface area contributed by atoms with Gasteiger partial charge in [0.05, 0.1) is 6.54 Å². The molecule has 5 heteroatoms. The molecule has 0 radical (unpaired) electrons. The van der Waals surface area contributed by atoms with E-state index < -0.39 is 0 Å². The van der Waals surface area contributed by atoms with Crippen LogP contribution in [-0.4, -0.2) is 30.0 Å². The van der Waals surface area contributed by atoms with Gasteiger partial charge < -0.3 is 16.0 Å². The molecule has 0 aliphatic carbocycles. The summed E-state index contributed by atoms with van der Waals surface area (Å²) >= 11 is 0. The van der Waals surface area contributed by atoms with Crippen LogP contribution in [0.3, 0.4) is 0 Å². The number of hydrogen-bond acceptors (Lipinski definition) is 4. The standard InChI is InChI=1S/C12H20N4O/c1-12(2,3)16-11(17)8-15-9-5-6-14-10(7-9)13-4/h5-7H,8H2,1-4H3,(H,16,17)(H2,13,14,15). The maximum atomic E-state index is 11.6. The zero-order valence-electron chi connectivity index (χ0n) is 10.8. The number of anilines is 2. The highest BCUT2D eigenvalue weighted by molar-refractivity contribution is 5.81. The summed E-state index contributed by atoms with van der Waals surface area (Å²) < 4.78 is 0. The second-order valence-electron chi connectivity index (χ2n) is 4.83. The van der Waals surface area contributed by atoms with Crippen LogP contribution >= 0.6 is 0 Å². The van der Waals surface area contributed by atoms with Gasteiger partial charge in [0.15, 0.2) is 0 Å². The number of hydrogen-bond donors (Lipinski definition) is 3. The number of aromatic nitrogens is 1. The molecule has 0 atom stereocenters. The van der Waals surface area contributed by atoms with Gasteiger partial charge in [-0.05, 0) is 26.8 Å². The molecule has 3 N–H and O–H groups in total. The highest BCUT2D eigenvalue weighted by Gasteiger charge is 2.12. The molecule has 1 amide bonds. The van der Waals surface area contributed by atoms with Gasteiger partial charge in [-0.2, -0.15) is 0 Å². The van der Waals surface area contributed by atoms with E-state index in [9.17, 15) is 4.79 Å². The first-order valence-corrected chi connectivity index (χ1v) is 5.59. The highest BCUT2D eigenvalue weighted by atomic mass is 16.2. The predicted octanol–water partition coefficient (Wildman–Crippen LogP) is 1.45. The molecule has 0 unspecified atom stereocenters. The Morgan fingerprint density at radius 1 is 1.41 bits per heavy atom. The minimum atomic E-state index is -0.201. The molecule has 0 aromatic carbocycles. The Balaban J connectivity index is 2.47. The molecule has 0 saturated carbocycles. The molecule has 0 aliphatic rings. The van der Waals surface area contributed by atoms with Gasteiger partial charge in [-0.25, -0.2) is 4.98 Å². The topological polar surface area (TPSA) is 66.0 Å². The lowest BCUT2D eigenvalue weighted by Gasteiger charge is -2.20. The van der Waals surface area contributed by atoms with E-state index in [0.717, 1.165) is 11.5 Å². The quantitative estimate of drug-likeness (QED) is 0.740. The Morgan fingerprint density at radius 3 is 2.71 bits per heavy atom. The van der Waals surface area contributed by atoms with Crippen molar-refractivity contribution in [3.63, 3.8) is 0 Å². The number of carbonyl (C=O) groups excluding carboxylic acids is 1. The van der Waals surface area contributed by atoms with E-state index in [4.69, 9.17) is 0 Å². The first-order valence-electron chi connectivity index (χ1n) is 5.59. The summed E-state index contributed by atoms with van der Waals surface area (Å²) in [6.07, 6.45) is 1.69. The van der Waals surface area contributed by atoms with Gasteiger partial charge in [-0.15, -0.1) is 0 Å². The summed E-state index contributed by atoms with van der Waals surface area (Å²) in [6.45, 7) is 6.12. The zero-order valence-corrected chi connectivity index (χ0v) is 10.8. The van der Waals surface area contributed by atoms with Crippen molar-refractivity contribution in [2.75, 3.05) is 24.2 Å². The fourth-order valence-electron chi connectivity index (χ4n) is 1.32. The third kappa shape index (κ3) is 5.19. The van der Waals surface area contributed by atoms with Gasteiger partial charge in [0.25, 0.3) is 0 Å². The molecule has 5 nitrogen and oxygen atoms in total. The highest BCUT2D eigenvalue weighted by Crippen LogP contribution is 2.10. The van der Waals surface area contributed by atoms with E-state index in [0.29, 0.717) is 0 Å². The van der Waals surface area contributed by atoms with Crippen LogP contribution in [0.4, 0.5) is 11.5 Å². The molecule has 1 aromatic rings. The second-order valence-corrected chi connectivity index (χ2v) is 4.83. The number of nitrogens with zero attached hydrogens (tertiary/aromatic N) is 1. The normalized spacial score (nSPS) is 10.8. The van der Waals surface area contributed by atoms with Gasteiger partial charge in [0, 0.05) is 30.5 Å². The van der Waals surface area contributed by atoms with E-state index in [1.165, 1.54) is 0 Å². The van der Waals surface area contributed by atoms with Gasteiger partial charge in [0.2, 0.25) is 5.91 Å². The van der Waals surface area contributed by atoms with Crippen molar-refractivity contribution >= 4 is 17.4 Å². The van der Waals surface area contributed by atoms with Crippen LogP contribution in [0, 0.1) is 0 Å². The Labute approximate surface area is 102 Å². The number of carbonyl (C=O) groups is 1. The third-order valence-corrected chi connectivity index (χ3v) is 1.98. The molecule has 1 aromatic heterocycles. The van der Waals surface area contributed by atoms with E-state index in [-0.39, 0.29) is 18.0 Å². The molecule has 1 rings (SSSR count). The lowest BCUT2D eigenvalue weighted by atomic mass is 10.1. The molecule has 1 heterocycles. The van der Waals surface area contributed by atoms with Crippen molar-refractivity contribution in [1.29, 1.82) is 0 Å². The minimum absolute atomic E-state index is 0.0275. The van der Waals surface area contributed by atoms with Crippen LogP contribution < -0.4 is 16.0 Å². The van der Waals surface area contributed by atoms with Crippen molar-refractivity contribution in [3.05, 3.63) is 18.3 Å². The molecule has 0 fully saturated rings. The molecule has 0 saturated heterocycles. The Bertz CT molecular complexity index is 384. The predicted molar refractivity (Wildman–Crippen MR) is 70.2 cm³/mol. The SMILES string of the molecule is CNc1cc(NCC(=O)NC(C)(C)C)ccn1. The van der Waals surface area contributed by atoms with Crippen LogP contribution in [0.15, 0.2) is 18.3 Å². The summed E-state index contributed by atoms with van der Waals surface area (Å²) in [5.74, 6) is 0.742. The number of nitrogens with one attached hydrogen (secondary N) is 3. The molecule has 0 spiro atoms. The lowest BCUT2D eigenvalue weighted by Crippen LogP contribution is -2.43. The molecule has 94 valence electrons. The molecular weight excluding hydrogens is 216 g/mol. The molecule has 0 aliphatic heterocycles. The van der Waals surface area contributed by atoms with Gasteiger partial charge >= 0.3 is 0 Å². The first kappa shape index (κ1) is 13.3. The monoisotopic (exact) mass is 236 g/mol. The fourth-order valence-corrected chi connectivity index (χ4v) is 1.32. The summed E-state index contributed by atoms with van der Waals surface area (Å²) in [5, 5.41) is 8.88. The molecular formula is C12H20N4O. The maximum absolute atomic E-state index is 11.6. The van der Waals surface area contributed by atoms with E-state index in [1.807, 2.05) is 32.9 Å². The van der Waals surface area contributed by atoms with E-state index >= 15 is 0 Å². The van der Waals surface area contributed by atoms with Crippen LogP contribution in [-0.2, 0) is 4.79 Å². The zero-order chi connectivity index (χ0) is 12.9. The maximum Gasteiger partial charge on any atom is 0.239 e. The largest absolute Gasteiger partial charge is 0.376 e. The molecule has 0 bridgehead atoms. The van der Waals surface area contributed by atoms with Gasteiger partial charge in [-0.1, -0.05) is 0 Å². The Hall–Kier alpha value is -1.78. The first-order chi connectivity index (χ1) is 7.90. The van der Waals surface area contributed by atoms with Crippen molar-refractivity contribution in [1.82, 2.24) is 10.3 Å². The fraction of sp³-hybridized carbons (Fsp3) is 0.500. The lowest BCUT2D eigenvalue weighted by molar-refractivity contribution is -0.120. The average Bonchev–Trinajstić information content (AvgIpc) is 2.24. The van der Waals surface area contributed by atoms with Crippen molar-refractivity contribution < 1.29 is 4.79 Å². The van der Waals surface area contributed by atoms with Gasteiger partial charge in [0.1, 0.15) is 5.82 Å². The smallest absolute Gasteiger partial charge is 0.239 e. The van der Waals surface area contributed by atoms with E-state index in [2.05, 4.69) is 20.9 Å².